The minimum Gasteiger partial charge on any atom is -0.290 e. The van der Waals surface area contributed by atoms with Crippen molar-refractivity contribution < 1.29 is 19.2 Å². The molecule has 0 atom stereocenters. The molecular weight excluding hydrogens is 344 g/mol. The highest BCUT2D eigenvalue weighted by Gasteiger charge is 2.20. The highest BCUT2D eigenvalue weighted by molar-refractivity contribution is 8.78. The summed E-state index contributed by atoms with van der Waals surface area (Å²) >= 11 is 0. The quantitative estimate of drug-likeness (QED) is 0.611. The molecule has 118 valence electrons. The summed E-state index contributed by atoms with van der Waals surface area (Å²) in [5, 5.41) is 0. The van der Waals surface area contributed by atoms with Crippen molar-refractivity contribution in [2.75, 3.05) is 0 Å². The number of benzene rings is 1. The van der Waals surface area contributed by atoms with Crippen LogP contribution in [0.4, 0.5) is 0 Å². The fourth-order valence-corrected chi connectivity index (χ4v) is 4.39. The molecule has 0 saturated carbocycles. The fourth-order valence-electron chi connectivity index (χ4n) is 2.12. The lowest BCUT2D eigenvalue weighted by Gasteiger charge is -2.12. The van der Waals surface area contributed by atoms with Crippen LogP contribution in [0.1, 0.15) is 5.56 Å². The third-order valence-electron chi connectivity index (χ3n) is 3.26. The molecule has 0 unspecified atom stereocenters. The van der Waals surface area contributed by atoms with Crippen molar-refractivity contribution in [1.29, 1.82) is 0 Å². The second-order valence-corrected chi connectivity index (χ2v) is 7.14. The van der Waals surface area contributed by atoms with Crippen LogP contribution in [0.2, 0.25) is 0 Å². The molecule has 0 aliphatic heterocycles. The average Bonchev–Trinajstić information content (AvgIpc) is 2.58. The molecule has 0 heterocycles. The Morgan fingerprint density at radius 3 is 2.12 bits per heavy atom. The zero-order chi connectivity index (χ0) is 17.1. The maximum Gasteiger partial charge on any atom is 0.193 e. The summed E-state index contributed by atoms with van der Waals surface area (Å²) in [6.45, 7) is 0. The SMILES string of the molecule is O=C1C=CC(=O)C(SSc2ccccc2C2=CC(=O)C=CC2=O)=C1. The van der Waals surface area contributed by atoms with E-state index in [2.05, 4.69) is 0 Å². The van der Waals surface area contributed by atoms with Crippen LogP contribution in [-0.4, -0.2) is 23.1 Å². The third-order valence-corrected chi connectivity index (χ3v) is 5.71. The van der Waals surface area contributed by atoms with E-state index in [-0.39, 0.29) is 23.1 Å². The molecule has 0 spiro atoms. The molecule has 3 rings (SSSR count). The van der Waals surface area contributed by atoms with E-state index >= 15 is 0 Å². The number of ketones is 4. The Morgan fingerprint density at radius 2 is 1.33 bits per heavy atom. The number of allylic oxidation sites excluding steroid dienone is 8. The van der Waals surface area contributed by atoms with Crippen molar-refractivity contribution in [3.63, 3.8) is 0 Å². The van der Waals surface area contributed by atoms with Crippen molar-refractivity contribution in [3.8, 4) is 0 Å². The zero-order valence-electron chi connectivity index (χ0n) is 12.2. The van der Waals surface area contributed by atoms with Gasteiger partial charge in [0.05, 0.1) is 4.91 Å². The first kappa shape index (κ1) is 16.4. The molecule has 6 heteroatoms. The molecule has 0 fully saturated rings. The average molecular weight is 354 g/mol. The minimum atomic E-state index is -0.238. The van der Waals surface area contributed by atoms with Crippen LogP contribution < -0.4 is 0 Å². The van der Waals surface area contributed by atoms with Gasteiger partial charge in [-0.15, -0.1) is 0 Å². The van der Waals surface area contributed by atoms with Crippen LogP contribution in [-0.2, 0) is 19.2 Å². The monoisotopic (exact) mass is 354 g/mol. The Labute approximate surface area is 145 Å². The van der Waals surface area contributed by atoms with Crippen molar-refractivity contribution in [2.45, 2.75) is 4.90 Å². The molecule has 0 amide bonds. The lowest BCUT2D eigenvalue weighted by atomic mass is 9.96. The number of hydrogen-bond donors (Lipinski definition) is 0. The summed E-state index contributed by atoms with van der Waals surface area (Å²) in [5.74, 6) is -0.931. The van der Waals surface area contributed by atoms with Gasteiger partial charge < -0.3 is 0 Å². The first-order valence-electron chi connectivity index (χ1n) is 6.94. The molecule has 24 heavy (non-hydrogen) atoms. The van der Waals surface area contributed by atoms with E-state index in [0.717, 1.165) is 15.7 Å². The second-order valence-electron chi connectivity index (χ2n) is 4.93. The molecular formula is C18H10O4S2. The number of carbonyl (C=O) groups is 4. The van der Waals surface area contributed by atoms with Crippen molar-refractivity contribution >= 4 is 50.3 Å². The fraction of sp³-hybridized carbons (Fsp3) is 0. The molecule has 0 aromatic heterocycles. The van der Waals surface area contributed by atoms with Crippen LogP contribution in [0, 0.1) is 0 Å². The Morgan fingerprint density at radius 1 is 0.667 bits per heavy atom. The van der Waals surface area contributed by atoms with Crippen LogP contribution in [0.25, 0.3) is 5.57 Å². The van der Waals surface area contributed by atoms with E-state index in [1.54, 1.807) is 24.3 Å². The van der Waals surface area contributed by atoms with Gasteiger partial charge in [-0.05, 0) is 47.2 Å². The lowest BCUT2D eigenvalue weighted by molar-refractivity contribution is -0.114. The van der Waals surface area contributed by atoms with Gasteiger partial charge in [-0.3, -0.25) is 19.2 Å². The number of carbonyl (C=O) groups excluding carboxylic acids is 4. The van der Waals surface area contributed by atoms with Crippen molar-refractivity contribution in [1.82, 2.24) is 0 Å². The van der Waals surface area contributed by atoms with Gasteiger partial charge in [0.15, 0.2) is 23.1 Å². The largest absolute Gasteiger partial charge is 0.290 e. The topological polar surface area (TPSA) is 68.3 Å². The van der Waals surface area contributed by atoms with E-state index < -0.39 is 0 Å². The maximum absolute atomic E-state index is 12.1. The first-order valence-corrected chi connectivity index (χ1v) is 9.09. The van der Waals surface area contributed by atoms with E-state index in [1.165, 1.54) is 47.3 Å². The van der Waals surface area contributed by atoms with Gasteiger partial charge in [0.2, 0.25) is 0 Å². The first-order chi connectivity index (χ1) is 11.5. The molecule has 0 bridgehead atoms. The van der Waals surface area contributed by atoms with Gasteiger partial charge in [-0.25, -0.2) is 0 Å². The summed E-state index contributed by atoms with van der Waals surface area (Å²) in [4.78, 5) is 47.9. The zero-order valence-corrected chi connectivity index (χ0v) is 13.9. The van der Waals surface area contributed by atoms with Crippen LogP contribution in [0.5, 0.6) is 0 Å². The van der Waals surface area contributed by atoms with E-state index in [4.69, 9.17) is 0 Å². The third kappa shape index (κ3) is 3.55. The van der Waals surface area contributed by atoms with E-state index in [1.807, 2.05) is 0 Å². The molecule has 0 saturated heterocycles. The Kier molecular flexibility index (Phi) is 4.78. The Bertz CT molecular complexity index is 888. The number of rotatable bonds is 4. The van der Waals surface area contributed by atoms with Gasteiger partial charge in [0, 0.05) is 22.1 Å². The molecule has 1 aromatic carbocycles. The van der Waals surface area contributed by atoms with Crippen LogP contribution in [0.15, 0.2) is 70.5 Å². The standard InChI is InChI=1S/C18H10O4S2/c19-11-5-7-15(21)14(9-11)13-3-1-2-4-17(13)23-24-18-10-12(20)6-8-16(18)22/h1-10H. The lowest BCUT2D eigenvalue weighted by Crippen LogP contribution is -2.07. The predicted molar refractivity (Wildman–Crippen MR) is 94.3 cm³/mol. The molecule has 0 radical (unpaired) electrons. The van der Waals surface area contributed by atoms with Gasteiger partial charge in [-0.1, -0.05) is 29.0 Å². The van der Waals surface area contributed by atoms with Gasteiger partial charge in [0.1, 0.15) is 0 Å². The highest BCUT2D eigenvalue weighted by Crippen LogP contribution is 2.41. The summed E-state index contributed by atoms with van der Waals surface area (Å²) in [6.07, 6.45) is 7.56. The summed E-state index contributed by atoms with van der Waals surface area (Å²) < 4.78 is 0. The normalized spacial score (nSPS) is 17.2. The summed E-state index contributed by atoms with van der Waals surface area (Å²) in [6, 6.07) is 7.13. The summed E-state index contributed by atoms with van der Waals surface area (Å²) in [7, 11) is 2.43. The van der Waals surface area contributed by atoms with Gasteiger partial charge in [-0.2, -0.15) is 0 Å². The predicted octanol–water partition coefficient (Wildman–Crippen LogP) is 3.11. The highest BCUT2D eigenvalue weighted by atomic mass is 33.1. The molecule has 2 aliphatic carbocycles. The van der Waals surface area contributed by atoms with Gasteiger partial charge >= 0.3 is 0 Å². The van der Waals surface area contributed by atoms with Gasteiger partial charge in [0.25, 0.3) is 0 Å². The van der Waals surface area contributed by atoms with Crippen LogP contribution in [0.3, 0.4) is 0 Å². The van der Waals surface area contributed by atoms with E-state index in [0.29, 0.717) is 16.0 Å². The second kappa shape index (κ2) is 6.98. The van der Waals surface area contributed by atoms with Crippen molar-refractivity contribution in [2.24, 2.45) is 0 Å². The molecule has 1 aromatic rings. The molecule has 2 aliphatic rings. The molecule has 0 N–H and O–H groups in total. The minimum absolute atomic E-state index is 0.226. The summed E-state index contributed by atoms with van der Waals surface area (Å²) in [5.41, 5.74) is 0.953. The Hall–Kier alpha value is -2.44. The smallest absolute Gasteiger partial charge is 0.193 e. The van der Waals surface area contributed by atoms with Crippen LogP contribution >= 0.6 is 21.6 Å². The maximum atomic E-state index is 12.1. The van der Waals surface area contributed by atoms with Crippen molar-refractivity contribution in [3.05, 3.63) is 71.2 Å². The Balaban J connectivity index is 1.86. The number of hydrogen-bond acceptors (Lipinski definition) is 6. The molecule has 4 nitrogen and oxygen atoms in total. The van der Waals surface area contributed by atoms with E-state index in [9.17, 15) is 19.2 Å².